The van der Waals surface area contributed by atoms with Crippen LogP contribution in [0.1, 0.15) is 27.5 Å². The SMILES string of the molecule is COc1ccccc1C1CNCCN1Cc1ccc(C(N)=O)cc1[N+](=O)[O-]. The van der Waals surface area contributed by atoms with Crippen LogP contribution >= 0.6 is 0 Å². The monoisotopic (exact) mass is 370 g/mol. The second-order valence-corrected chi connectivity index (χ2v) is 6.40. The van der Waals surface area contributed by atoms with Crippen LogP contribution in [-0.2, 0) is 6.54 Å². The van der Waals surface area contributed by atoms with Crippen molar-refractivity contribution in [2.75, 3.05) is 26.7 Å². The molecule has 8 heteroatoms. The van der Waals surface area contributed by atoms with E-state index in [0.29, 0.717) is 18.7 Å². The van der Waals surface area contributed by atoms with Crippen LogP contribution in [0.5, 0.6) is 5.75 Å². The Kier molecular flexibility index (Phi) is 5.68. The molecule has 0 spiro atoms. The van der Waals surface area contributed by atoms with Crippen molar-refractivity contribution >= 4 is 11.6 Å². The molecule has 0 aromatic heterocycles. The zero-order chi connectivity index (χ0) is 19.4. The summed E-state index contributed by atoms with van der Waals surface area (Å²) in [6, 6.07) is 12.2. The van der Waals surface area contributed by atoms with E-state index in [9.17, 15) is 14.9 Å². The number of methoxy groups -OCH3 is 1. The molecule has 1 atom stereocenters. The second-order valence-electron chi connectivity index (χ2n) is 6.40. The Bertz CT molecular complexity index is 855. The third-order valence-corrected chi connectivity index (χ3v) is 4.79. The van der Waals surface area contributed by atoms with Crippen molar-refractivity contribution in [3.8, 4) is 5.75 Å². The Balaban J connectivity index is 1.93. The summed E-state index contributed by atoms with van der Waals surface area (Å²) in [6.07, 6.45) is 0. The zero-order valence-corrected chi connectivity index (χ0v) is 15.1. The van der Waals surface area contributed by atoms with Gasteiger partial charge >= 0.3 is 0 Å². The number of nitro groups is 1. The van der Waals surface area contributed by atoms with Crippen molar-refractivity contribution in [3.05, 3.63) is 69.3 Å². The molecule has 27 heavy (non-hydrogen) atoms. The van der Waals surface area contributed by atoms with Gasteiger partial charge in [-0.05, 0) is 12.1 Å². The average molecular weight is 370 g/mol. The lowest BCUT2D eigenvalue weighted by molar-refractivity contribution is -0.385. The Hall–Kier alpha value is -2.97. The van der Waals surface area contributed by atoms with Crippen molar-refractivity contribution < 1.29 is 14.5 Å². The van der Waals surface area contributed by atoms with E-state index in [4.69, 9.17) is 10.5 Å². The molecule has 8 nitrogen and oxygen atoms in total. The molecule has 2 aromatic rings. The van der Waals surface area contributed by atoms with E-state index < -0.39 is 10.8 Å². The number of carbonyl (C=O) groups excluding carboxylic acids is 1. The van der Waals surface area contributed by atoms with Gasteiger partial charge in [0.15, 0.2) is 0 Å². The number of primary amides is 1. The lowest BCUT2D eigenvalue weighted by atomic mass is 10.0. The van der Waals surface area contributed by atoms with Gasteiger partial charge in [0.25, 0.3) is 5.69 Å². The minimum Gasteiger partial charge on any atom is -0.496 e. The first kappa shape index (κ1) is 18.8. The van der Waals surface area contributed by atoms with Gasteiger partial charge < -0.3 is 15.8 Å². The van der Waals surface area contributed by atoms with Crippen molar-refractivity contribution in [2.24, 2.45) is 5.73 Å². The summed E-state index contributed by atoms with van der Waals surface area (Å²) >= 11 is 0. The molecule has 1 unspecified atom stereocenters. The van der Waals surface area contributed by atoms with Crippen molar-refractivity contribution in [1.82, 2.24) is 10.2 Å². The molecule has 3 N–H and O–H groups in total. The van der Waals surface area contributed by atoms with E-state index in [1.165, 1.54) is 12.1 Å². The van der Waals surface area contributed by atoms with Crippen LogP contribution in [-0.4, -0.2) is 42.5 Å². The van der Waals surface area contributed by atoms with Gasteiger partial charge in [0.2, 0.25) is 5.91 Å². The number of piperazine rings is 1. The van der Waals surface area contributed by atoms with E-state index in [2.05, 4.69) is 10.2 Å². The van der Waals surface area contributed by atoms with Crippen molar-refractivity contribution in [1.29, 1.82) is 0 Å². The summed E-state index contributed by atoms with van der Waals surface area (Å²) in [7, 11) is 1.63. The molecular weight excluding hydrogens is 348 g/mol. The van der Waals surface area contributed by atoms with Gasteiger partial charge in [0.05, 0.1) is 18.1 Å². The number of hydrogen-bond donors (Lipinski definition) is 2. The van der Waals surface area contributed by atoms with Gasteiger partial charge in [0.1, 0.15) is 5.75 Å². The summed E-state index contributed by atoms with van der Waals surface area (Å²) < 4.78 is 5.49. The zero-order valence-electron chi connectivity index (χ0n) is 15.1. The summed E-state index contributed by atoms with van der Waals surface area (Å²) in [5.74, 6) is 0.105. The van der Waals surface area contributed by atoms with E-state index in [-0.39, 0.29) is 17.3 Å². The van der Waals surface area contributed by atoms with Crippen LogP contribution in [0, 0.1) is 10.1 Å². The third kappa shape index (κ3) is 4.07. The highest BCUT2D eigenvalue weighted by Crippen LogP contribution is 2.32. The number of nitrogens with one attached hydrogen (secondary N) is 1. The molecule has 1 amide bonds. The number of amides is 1. The van der Waals surface area contributed by atoms with Gasteiger partial charge in [-0.2, -0.15) is 0 Å². The molecule has 0 radical (unpaired) electrons. The minimum atomic E-state index is -0.682. The van der Waals surface area contributed by atoms with E-state index >= 15 is 0 Å². The Morgan fingerprint density at radius 3 is 2.85 bits per heavy atom. The number of para-hydroxylation sites is 1. The molecule has 0 saturated carbocycles. The Labute approximate surface area is 157 Å². The van der Waals surface area contributed by atoms with E-state index in [0.717, 1.165) is 24.4 Å². The predicted octanol–water partition coefficient (Wildman–Crippen LogP) is 1.85. The molecule has 1 fully saturated rings. The Morgan fingerprint density at radius 2 is 2.15 bits per heavy atom. The minimum absolute atomic E-state index is 0.0188. The maximum atomic E-state index is 11.5. The standard InChI is InChI=1S/C19H22N4O4/c1-27-18-5-3-2-4-15(18)17-11-21-8-9-22(17)12-14-7-6-13(19(20)24)10-16(14)23(25)26/h2-7,10,17,21H,8-9,11-12H2,1H3,(H2,20,24). The molecule has 142 valence electrons. The van der Waals surface area contributed by atoms with E-state index in [1.807, 2.05) is 24.3 Å². The van der Waals surface area contributed by atoms with Crippen molar-refractivity contribution in [3.63, 3.8) is 0 Å². The van der Waals surface area contributed by atoms with Gasteiger partial charge in [-0.3, -0.25) is 19.8 Å². The second kappa shape index (κ2) is 8.15. The van der Waals surface area contributed by atoms with Crippen LogP contribution in [0.15, 0.2) is 42.5 Å². The smallest absolute Gasteiger partial charge is 0.274 e. The fraction of sp³-hybridized carbons (Fsp3) is 0.316. The van der Waals surface area contributed by atoms with Crippen LogP contribution in [0.25, 0.3) is 0 Å². The first-order valence-corrected chi connectivity index (χ1v) is 8.66. The first-order chi connectivity index (χ1) is 13.0. The molecule has 1 saturated heterocycles. The molecule has 1 heterocycles. The molecular formula is C19H22N4O4. The van der Waals surface area contributed by atoms with Gasteiger partial charge in [-0.1, -0.05) is 24.3 Å². The first-order valence-electron chi connectivity index (χ1n) is 8.66. The fourth-order valence-electron chi connectivity index (χ4n) is 3.42. The maximum Gasteiger partial charge on any atom is 0.274 e. The number of rotatable bonds is 6. The molecule has 1 aliphatic heterocycles. The van der Waals surface area contributed by atoms with Gasteiger partial charge in [-0.15, -0.1) is 0 Å². The van der Waals surface area contributed by atoms with Crippen LogP contribution in [0.3, 0.4) is 0 Å². The van der Waals surface area contributed by atoms with Crippen molar-refractivity contribution in [2.45, 2.75) is 12.6 Å². The van der Waals surface area contributed by atoms with Crippen LogP contribution in [0.4, 0.5) is 5.69 Å². The number of hydrogen-bond acceptors (Lipinski definition) is 6. The maximum absolute atomic E-state index is 11.5. The number of nitro benzene ring substituents is 1. The van der Waals surface area contributed by atoms with E-state index in [1.54, 1.807) is 13.2 Å². The Morgan fingerprint density at radius 1 is 1.37 bits per heavy atom. The van der Waals surface area contributed by atoms with Crippen LogP contribution < -0.4 is 15.8 Å². The molecule has 0 bridgehead atoms. The number of ether oxygens (including phenoxy) is 1. The van der Waals surface area contributed by atoms with Gasteiger partial charge in [-0.25, -0.2) is 0 Å². The summed E-state index contributed by atoms with van der Waals surface area (Å²) in [5, 5.41) is 14.9. The molecule has 1 aliphatic rings. The quantitative estimate of drug-likeness (QED) is 0.593. The van der Waals surface area contributed by atoms with Gasteiger partial charge in [0, 0.05) is 48.9 Å². The van der Waals surface area contributed by atoms with Crippen LogP contribution in [0.2, 0.25) is 0 Å². The normalized spacial score (nSPS) is 17.4. The number of nitrogens with two attached hydrogens (primary N) is 1. The largest absolute Gasteiger partial charge is 0.496 e. The summed E-state index contributed by atoms with van der Waals surface area (Å²) in [6.45, 7) is 2.63. The summed E-state index contributed by atoms with van der Waals surface area (Å²) in [5.41, 5.74) is 6.87. The number of benzene rings is 2. The highest BCUT2D eigenvalue weighted by Gasteiger charge is 2.28. The number of nitrogens with zero attached hydrogens (tertiary/aromatic N) is 2. The molecule has 2 aromatic carbocycles. The topological polar surface area (TPSA) is 111 Å². The lowest BCUT2D eigenvalue weighted by Crippen LogP contribution is -2.45. The lowest BCUT2D eigenvalue weighted by Gasteiger charge is -2.37. The number of carbonyl (C=O) groups is 1. The average Bonchev–Trinajstić information content (AvgIpc) is 2.68. The summed E-state index contributed by atoms with van der Waals surface area (Å²) in [4.78, 5) is 24.6. The fourth-order valence-corrected chi connectivity index (χ4v) is 3.42. The third-order valence-electron chi connectivity index (χ3n) is 4.79. The highest BCUT2D eigenvalue weighted by atomic mass is 16.6. The molecule has 0 aliphatic carbocycles. The molecule has 3 rings (SSSR count). The predicted molar refractivity (Wildman–Crippen MR) is 101 cm³/mol. The highest BCUT2D eigenvalue weighted by molar-refractivity contribution is 5.93.